The van der Waals surface area contributed by atoms with Gasteiger partial charge in [0.1, 0.15) is 0 Å². The number of guanidine groups is 2. The fraction of sp³-hybridized carbons (Fsp3) is 0.222. The molecule has 6 nitrogen and oxygen atoms in total. The van der Waals surface area contributed by atoms with Crippen molar-refractivity contribution >= 4 is 11.9 Å². The number of nitrogens with one attached hydrogen (secondary N) is 2. The zero-order valence-corrected chi connectivity index (χ0v) is 13.7. The monoisotopic (exact) mass is 341 g/mol. The fourth-order valence-electron chi connectivity index (χ4n) is 2.37. The molecule has 1 aliphatic rings. The Labute approximate surface area is 145 Å². The van der Waals surface area contributed by atoms with Crippen LogP contribution in [0, 0.1) is 5.82 Å². The minimum absolute atomic E-state index is 0.254. The maximum absolute atomic E-state index is 13.4. The lowest BCUT2D eigenvalue weighted by molar-refractivity contribution is 0.298. The third-order valence-corrected chi connectivity index (χ3v) is 3.57. The van der Waals surface area contributed by atoms with Gasteiger partial charge in [-0.2, -0.15) is 0 Å². The number of rotatable bonds is 6. The average Bonchev–Trinajstić information content (AvgIpc) is 2.63. The molecule has 0 saturated heterocycles. The first-order chi connectivity index (χ1) is 12.2. The van der Waals surface area contributed by atoms with Crippen molar-refractivity contribution in [1.29, 1.82) is 0 Å². The van der Waals surface area contributed by atoms with Crippen LogP contribution in [-0.2, 0) is 0 Å². The average molecular weight is 341 g/mol. The van der Waals surface area contributed by atoms with Crippen LogP contribution in [0.1, 0.15) is 18.2 Å². The van der Waals surface area contributed by atoms with E-state index in [9.17, 15) is 4.39 Å². The smallest absolute Gasteiger partial charge is 0.200 e. The minimum atomic E-state index is -0.362. The Bertz CT molecular complexity index is 763. The highest BCUT2D eigenvalue weighted by Gasteiger charge is 2.17. The van der Waals surface area contributed by atoms with Gasteiger partial charge in [0, 0.05) is 13.0 Å². The van der Waals surface area contributed by atoms with Gasteiger partial charge in [0.15, 0.2) is 29.7 Å². The zero-order valence-electron chi connectivity index (χ0n) is 13.7. The van der Waals surface area contributed by atoms with Gasteiger partial charge in [0.2, 0.25) is 0 Å². The van der Waals surface area contributed by atoms with Crippen LogP contribution in [0.3, 0.4) is 0 Å². The molecule has 1 aliphatic heterocycles. The lowest BCUT2D eigenvalue weighted by Gasteiger charge is -2.24. The molecule has 1 heterocycles. The maximum Gasteiger partial charge on any atom is 0.200 e. The quantitative estimate of drug-likeness (QED) is 0.703. The first kappa shape index (κ1) is 16.8. The molecule has 1 atom stereocenters. The molecule has 2 aromatic rings. The highest BCUT2D eigenvalue weighted by Crippen LogP contribution is 2.16. The lowest BCUT2D eigenvalue weighted by atomic mass is 10.2. The molecule has 0 radical (unpaired) electrons. The maximum atomic E-state index is 13.4. The minimum Gasteiger partial charge on any atom is -0.490 e. The van der Waals surface area contributed by atoms with Gasteiger partial charge in [0.25, 0.3) is 0 Å². The lowest BCUT2D eigenvalue weighted by Crippen LogP contribution is -2.50. The van der Waals surface area contributed by atoms with Gasteiger partial charge in [-0.1, -0.05) is 42.5 Å². The van der Waals surface area contributed by atoms with Crippen LogP contribution in [0.15, 0.2) is 64.6 Å². The fourth-order valence-corrected chi connectivity index (χ4v) is 2.37. The summed E-state index contributed by atoms with van der Waals surface area (Å²) in [6.07, 6.45) is 0.379. The molecule has 0 aliphatic carbocycles. The second-order valence-corrected chi connectivity index (χ2v) is 5.46. The molecule has 130 valence electrons. The van der Waals surface area contributed by atoms with Crippen molar-refractivity contribution in [2.45, 2.75) is 12.6 Å². The molecule has 0 spiro atoms. The largest absolute Gasteiger partial charge is 0.490 e. The summed E-state index contributed by atoms with van der Waals surface area (Å²) in [6.45, 7) is 0.891. The molecular formula is C18H20FN5O. The number of benzene rings is 2. The number of ether oxygens (including phenoxy) is 1. The van der Waals surface area contributed by atoms with Crippen LogP contribution >= 0.6 is 0 Å². The van der Waals surface area contributed by atoms with Gasteiger partial charge in [-0.25, -0.2) is 9.38 Å². The number of hydrogen-bond donors (Lipinski definition) is 3. The Balaban J connectivity index is 1.50. The number of para-hydroxylation sites is 1. The molecule has 0 fully saturated rings. The van der Waals surface area contributed by atoms with Gasteiger partial charge < -0.3 is 15.8 Å². The number of halogens is 1. The van der Waals surface area contributed by atoms with Crippen LogP contribution in [-0.4, -0.2) is 25.1 Å². The second-order valence-electron chi connectivity index (χ2n) is 5.46. The first-order valence-corrected chi connectivity index (χ1v) is 8.06. The summed E-state index contributed by atoms with van der Waals surface area (Å²) < 4.78 is 18.8. The highest BCUT2D eigenvalue weighted by molar-refractivity contribution is 5.99. The molecule has 0 saturated carbocycles. The molecule has 25 heavy (non-hydrogen) atoms. The first-order valence-electron chi connectivity index (χ1n) is 8.06. The third-order valence-electron chi connectivity index (χ3n) is 3.57. The Morgan fingerprint density at radius 3 is 2.68 bits per heavy atom. The van der Waals surface area contributed by atoms with Crippen LogP contribution in [0.2, 0.25) is 0 Å². The van der Waals surface area contributed by atoms with E-state index < -0.39 is 0 Å². The van der Waals surface area contributed by atoms with Crippen LogP contribution in [0.5, 0.6) is 5.75 Å². The molecule has 7 heteroatoms. The van der Waals surface area contributed by atoms with E-state index in [2.05, 4.69) is 20.6 Å². The standard InChI is InChI=1S/C18H20FN5O/c19-14-9-4-5-10-15(14)25-12-6-11-21-18-23-16(22-17(20)24-18)13-7-2-1-3-8-13/h1-5,7-10,16H,6,11-12H2,(H4,20,21,22,23,24). The van der Waals surface area contributed by atoms with E-state index in [1.54, 1.807) is 18.2 Å². The number of aliphatic imine (C=N–C) groups is 2. The topological polar surface area (TPSA) is 84.0 Å². The van der Waals surface area contributed by atoms with Crippen molar-refractivity contribution in [3.05, 3.63) is 66.0 Å². The normalized spacial score (nSPS) is 18.2. The van der Waals surface area contributed by atoms with E-state index in [-0.39, 0.29) is 17.7 Å². The van der Waals surface area contributed by atoms with Gasteiger partial charge in [0.05, 0.1) is 6.61 Å². The number of nitrogens with two attached hydrogens (primary N) is 1. The Morgan fingerprint density at radius 1 is 1.12 bits per heavy atom. The SMILES string of the molecule is NC1=NC(c2ccccc2)NC(=NCCCOc2ccccc2F)N1. The predicted molar refractivity (Wildman–Crippen MR) is 95.9 cm³/mol. The van der Waals surface area contributed by atoms with Crippen LogP contribution in [0.4, 0.5) is 4.39 Å². The molecule has 3 rings (SSSR count). The van der Waals surface area contributed by atoms with Crippen molar-refractivity contribution < 1.29 is 9.13 Å². The number of nitrogens with zero attached hydrogens (tertiary/aromatic N) is 2. The van der Waals surface area contributed by atoms with E-state index in [4.69, 9.17) is 10.5 Å². The molecular weight excluding hydrogens is 321 g/mol. The molecule has 0 bridgehead atoms. The van der Waals surface area contributed by atoms with Crippen molar-refractivity contribution in [1.82, 2.24) is 10.6 Å². The summed E-state index contributed by atoms with van der Waals surface area (Å²) in [6, 6.07) is 16.1. The highest BCUT2D eigenvalue weighted by atomic mass is 19.1. The molecule has 0 amide bonds. The summed E-state index contributed by atoms with van der Waals surface area (Å²) in [4.78, 5) is 8.74. The van der Waals surface area contributed by atoms with Crippen LogP contribution < -0.4 is 21.1 Å². The Kier molecular flexibility index (Phi) is 5.46. The zero-order chi connectivity index (χ0) is 17.5. The van der Waals surface area contributed by atoms with Gasteiger partial charge in [-0.15, -0.1) is 0 Å². The van der Waals surface area contributed by atoms with Gasteiger partial charge >= 0.3 is 0 Å². The molecule has 2 aromatic carbocycles. The summed E-state index contributed by atoms with van der Waals surface area (Å²) in [7, 11) is 0. The molecule has 1 unspecified atom stereocenters. The van der Waals surface area contributed by atoms with Gasteiger partial charge in [-0.05, 0) is 17.7 Å². The molecule has 4 N–H and O–H groups in total. The summed E-state index contributed by atoms with van der Waals surface area (Å²) in [5.74, 6) is 0.768. The van der Waals surface area contributed by atoms with E-state index in [0.29, 0.717) is 31.5 Å². The van der Waals surface area contributed by atoms with Crippen LogP contribution in [0.25, 0.3) is 0 Å². The van der Waals surface area contributed by atoms with Gasteiger partial charge in [-0.3, -0.25) is 10.3 Å². The van der Waals surface area contributed by atoms with E-state index in [1.165, 1.54) is 6.07 Å². The van der Waals surface area contributed by atoms with E-state index >= 15 is 0 Å². The third kappa shape index (κ3) is 4.69. The Morgan fingerprint density at radius 2 is 1.88 bits per heavy atom. The molecule has 0 aromatic heterocycles. The van der Waals surface area contributed by atoms with Crippen molar-refractivity contribution in [2.24, 2.45) is 15.7 Å². The van der Waals surface area contributed by atoms with E-state index in [0.717, 1.165) is 5.56 Å². The summed E-state index contributed by atoms with van der Waals surface area (Å²) in [5, 5.41) is 6.09. The summed E-state index contributed by atoms with van der Waals surface area (Å²) in [5.41, 5.74) is 6.83. The second kappa shape index (κ2) is 8.14. The number of hydrogen-bond acceptors (Lipinski definition) is 4. The van der Waals surface area contributed by atoms with Crippen molar-refractivity contribution in [2.75, 3.05) is 13.2 Å². The van der Waals surface area contributed by atoms with Crippen molar-refractivity contribution in [3.8, 4) is 5.75 Å². The van der Waals surface area contributed by atoms with Crippen molar-refractivity contribution in [3.63, 3.8) is 0 Å². The Hall–Kier alpha value is -3.09. The van der Waals surface area contributed by atoms with E-state index in [1.807, 2.05) is 30.3 Å². The predicted octanol–water partition coefficient (Wildman–Crippen LogP) is 2.16. The summed E-state index contributed by atoms with van der Waals surface area (Å²) >= 11 is 0.